The number of hydrogen-bond acceptors (Lipinski definition) is 7. The van der Waals surface area contributed by atoms with E-state index in [-0.39, 0.29) is 22.2 Å². The highest BCUT2D eigenvalue weighted by atomic mass is 35.5. The van der Waals surface area contributed by atoms with Crippen LogP contribution in [0.5, 0.6) is 11.5 Å². The third-order valence-electron chi connectivity index (χ3n) is 4.07. The van der Waals surface area contributed by atoms with Crippen LogP contribution in [-0.2, 0) is 15.6 Å². The lowest BCUT2D eigenvalue weighted by Gasteiger charge is -2.09. The van der Waals surface area contributed by atoms with Crippen LogP contribution in [0.2, 0.25) is 5.02 Å². The Morgan fingerprint density at radius 1 is 1.07 bits per heavy atom. The summed E-state index contributed by atoms with van der Waals surface area (Å²) in [5, 5.41) is -0.606. The molecule has 9 heteroatoms. The van der Waals surface area contributed by atoms with E-state index in [0.29, 0.717) is 11.3 Å². The van der Waals surface area contributed by atoms with Gasteiger partial charge in [0, 0.05) is 0 Å². The first-order valence-corrected chi connectivity index (χ1v) is 10.5. The van der Waals surface area contributed by atoms with Gasteiger partial charge >= 0.3 is 5.97 Å². The number of sulfone groups is 1. The van der Waals surface area contributed by atoms with Gasteiger partial charge in [-0.2, -0.15) is 0 Å². The van der Waals surface area contributed by atoms with E-state index in [1.807, 2.05) is 19.1 Å². The van der Waals surface area contributed by atoms with Gasteiger partial charge in [-0.3, -0.25) is 0 Å². The maximum atomic E-state index is 12.7. The lowest BCUT2D eigenvalue weighted by atomic mass is 10.1. The van der Waals surface area contributed by atoms with E-state index >= 15 is 0 Å². The number of methoxy groups -OCH3 is 1. The lowest BCUT2D eigenvalue weighted by molar-refractivity contribution is 0.0727. The maximum Gasteiger partial charge on any atom is 0.364 e. The Hall–Kier alpha value is -2.97. The summed E-state index contributed by atoms with van der Waals surface area (Å²) in [7, 11) is -2.38. The van der Waals surface area contributed by atoms with Crippen molar-refractivity contribution >= 4 is 27.4 Å². The van der Waals surface area contributed by atoms with E-state index < -0.39 is 21.0 Å². The quantitative estimate of drug-likeness (QED) is 0.333. The minimum Gasteiger partial charge on any atom is -0.497 e. The average Bonchev–Trinajstić information content (AvgIpc) is 2.70. The van der Waals surface area contributed by atoms with Crippen molar-refractivity contribution in [2.24, 2.45) is 0 Å². The molecule has 0 fully saturated rings. The first-order valence-electron chi connectivity index (χ1n) is 8.46. The van der Waals surface area contributed by atoms with Gasteiger partial charge in [0.1, 0.15) is 11.5 Å². The molecule has 150 valence electrons. The molecule has 0 radical (unpaired) electrons. The molecule has 0 atom stereocenters. The Morgan fingerprint density at radius 2 is 1.72 bits per heavy atom. The molecule has 0 unspecified atom stereocenters. The average molecular weight is 433 g/mol. The van der Waals surface area contributed by atoms with Gasteiger partial charge in [0.15, 0.2) is 5.69 Å². The Kier molecular flexibility index (Phi) is 6.14. The van der Waals surface area contributed by atoms with Crippen LogP contribution in [0.15, 0.2) is 59.9 Å². The molecular weight excluding hydrogens is 416 g/mol. The number of aromatic nitrogens is 2. The number of aryl methyl sites for hydroxylation is 1. The first kappa shape index (κ1) is 20.8. The second-order valence-electron chi connectivity index (χ2n) is 6.10. The zero-order valence-electron chi connectivity index (χ0n) is 15.6. The molecule has 0 aliphatic heterocycles. The Morgan fingerprint density at radius 3 is 2.38 bits per heavy atom. The third-order valence-corrected chi connectivity index (χ3v) is 5.79. The van der Waals surface area contributed by atoms with Crippen molar-refractivity contribution in [2.45, 2.75) is 17.8 Å². The van der Waals surface area contributed by atoms with E-state index in [1.165, 1.54) is 19.2 Å². The van der Waals surface area contributed by atoms with E-state index in [0.717, 1.165) is 11.8 Å². The molecule has 0 aliphatic carbocycles. The molecule has 0 N–H and O–H groups in total. The van der Waals surface area contributed by atoms with Crippen LogP contribution in [0.3, 0.4) is 0 Å². The molecule has 3 aromatic rings. The summed E-state index contributed by atoms with van der Waals surface area (Å²) in [5.41, 5.74) is 1.11. The zero-order valence-corrected chi connectivity index (χ0v) is 17.2. The number of carbonyl (C=O) groups is 1. The highest BCUT2D eigenvalue weighted by Gasteiger charge is 2.24. The van der Waals surface area contributed by atoms with Crippen molar-refractivity contribution in [3.63, 3.8) is 0 Å². The molecule has 0 amide bonds. The smallest absolute Gasteiger partial charge is 0.364 e. The fourth-order valence-electron chi connectivity index (χ4n) is 2.48. The minimum absolute atomic E-state index is 0.113. The predicted molar refractivity (Wildman–Crippen MR) is 107 cm³/mol. The van der Waals surface area contributed by atoms with Crippen LogP contribution in [0, 0.1) is 6.92 Å². The van der Waals surface area contributed by atoms with Crippen molar-refractivity contribution in [1.82, 2.24) is 9.97 Å². The number of esters is 1. The number of hydrogen-bond donors (Lipinski definition) is 0. The predicted octanol–water partition coefficient (Wildman–Crippen LogP) is 3.64. The van der Waals surface area contributed by atoms with Gasteiger partial charge in [-0.15, -0.1) is 0 Å². The maximum absolute atomic E-state index is 12.7. The standard InChI is InChI=1S/C20H17ClN2O5S/c1-13-5-3-4-6-14(13)12-29(25,26)20-22-11-17(21)18(23-20)19(24)28-16-9-7-15(27-2)8-10-16/h3-11H,12H2,1-2H3. The largest absolute Gasteiger partial charge is 0.497 e. The van der Waals surface area contributed by atoms with Crippen LogP contribution in [0.4, 0.5) is 0 Å². The van der Waals surface area contributed by atoms with E-state index in [4.69, 9.17) is 21.1 Å². The summed E-state index contributed by atoms with van der Waals surface area (Å²) >= 11 is 6.00. The van der Waals surface area contributed by atoms with Crippen molar-refractivity contribution in [2.75, 3.05) is 7.11 Å². The number of rotatable bonds is 6. The van der Waals surface area contributed by atoms with E-state index in [9.17, 15) is 13.2 Å². The molecule has 0 spiro atoms. The fourth-order valence-corrected chi connectivity index (χ4v) is 3.96. The summed E-state index contributed by atoms with van der Waals surface area (Å²) in [6, 6.07) is 13.4. The van der Waals surface area contributed by atoms with Crippen LogP contribution in [0.1, 0.15) is 21.6 Å². The number of ether oxygens (including phenoxy) is 2. The molecule has 2 aromatic carbocycles. The molecule has 0 saturated heterocycles. The van der Waals surface area contributed by atoms with Crippen LogP contribution >= 0.6 is 11.6 Å². The Balaban J connectivity index is 1.86. The highest BCUT2D eigenvalue weighted by Crippen LogP contribution is 2.22. The molecule has 7 nitrogen and oxygen atoms in total. The number of halogens is 1. The van der Waals surface area contributed by atoms with E-state index in [2.05, 4.69) is 9.97 Å². The normalized spacial score (nSPS) is 11.1. The molecule has 3 rings (SSSR count). The van der Waals surface area contributed by atoms with Crippen molar-refractivity contribution in [3.8, 4) is 11.5 Å². The molecule has 1 aromatic heterocycles. The molecule has 1 heterocycles. The number of benzene rings is 2. The molecule has 0 bridgehead atoms. The molecule has 29 heavy (non-hydrogen) atoms. The van der Waals surface area contributed by atoms with Gasteiger partial charge < -0.3 is 9.47 Å². The van der Waals surface area contributed by atoms with Crippen LogP contribution in [0.25, 0.3) is 0 Å². The van der Waals surface area contributed by atoms with Crippen molar-refractivity contribution in [1.29, 1.82) is 0 Å². The van der Waals surface area contributed by atoms with Crippen molar-refractivity contribution in [3.05, 3.63) is 76.6 Å². The SMILES string of the molecule is COc1ccc(OC(=O)c2nc(S(=O)(=O)Cc3ccccc3C)ncc2Cl)cc1. The zero-order chi connectivity index (χ0) is 21.0. The van der Waals surface area contributed by atoms with Gasteiger partial charge in [0.25, 0.3) is 0 Å². The van der Waals surface area contributed by atoms with Crippen LogP contribution < -0.4 is 9.47 Å². The summed E-state index contributed by atoms with van der Waals surface area (Å²) in [6.07, 6.45) is 1.07. The van der Waals surface area contributed by atoms with Gasteiger partial charge in [-0.1, -0.05) is 35.9 Å². The van der Waals surface area contributed by atoms with E-state index in [1.54, 1.807) is 24.3 Å². The van der Waals surface area contributed by atoms with Gasteiger partial charge in [0.2, 0.25) is 15.0 Å². The number of carbonyl (C=O) groups excluding carboxylic acids is 1. The topological polar surface area (TPSA) is 95.5 Å². The van der Waals surface area contributed by atoms with Gasteiger partial charge in [0.05, 0.1) is 24.1 Å². The molecule has 0 aliphatic rings. The lowest BCUT2D eigenvalue weighted by Crippen LogP contribution is -2.16. The molecule has 0 saturated carbocycles. The fraction of sp³-hybridized carbons (Fsp3) is 0.150. The van der Waals surface area contributed by atoms with Crippen molar-refractivity contribution < 1.29 is 22.7 Å². The summed E-state index contributed by atoms with van der Waals surface area (Å²) in [4.78, 5) is 20.1. The Bertz CT molecular complexity index is 1150. The summed E-state index contributed by atoms with van der Waals surface area (Å²) in [5.74, 6) is -0.368. The second kappa shape index (κ2) is 8.59. The molecular formula is C20H17ClN2O5S. The summed E-state index contributed by atoms with van der Waals surface area (Å²) in [6.45, 7) is 1.81. The van der Waals surface area contributed by atoms with Gasteiger partial charge in [-0.25, -0.2) is 23.2 Å². The second-order valence-corrected chi connectivity index (χ2v) is 8.39. The number of nitrogens with zero attached hydrogens (tertiary/aromatic N) is 2. The minimum atomic E-state index is -3.90. The monoisotopic (exact) mass is 432 g/mol. The highest BCUT2D eigenvalue weighted by molar-refractivity contribution is 7.90. The first-order chi connectivity index (χ1) is 13.8. The summed E-state index contributed by atoms with van der Waals surface area (Å²) < 4.78 is 35.7. The Labute approximate surface area is 173 Å². The van der Waals surface area contributed by atoms with Crippen LogP contribution in [-0.4, -0.2) is 31.5 Å². The third kappa shape index (κ3) is 4.90. The van der Waals surface area contributed by atoms with Gasteiger partial charge in [-0.05, 0) is 42.3 Å².